The molecule has 0 bridgehead atoms. The number of amides is 2. The highest BCUT2D eigenvalue weighted by molar-refractivity contribution is 5.87. The van der Waals surface area contributed by atoms with Gasteiger partial charge in [-0.1, -0.05) is 20.8 Å². The number of carbonyl (C=O) groups excluding carboxylic acids is 2. The van der Waals surface area contributed by atoms with Crippen LogP contribution in [0, 0.1) is 0 Å². The number of aliphatic carboxylic acids is 1. The van der Waals surface area contributed by atoms with Gasteiger partial charge in [-0.15, -0.1) is 0 Å². The molecule has 0 saturated carbocycles. The lowest BCUT2D eigenvalue weighted by Crippen LogP contribution is -2.47. The maximum Gasteiger partial charge on any atom is 0.323 e. The van der Waals surface area contributed by atoms with E-state index >= 15 is 0 Å². The minimum absolute atomic E-state index is 0.0617. The minimum atomic E-state index is -1.04. The van der Waals surface area contributed by atoms with Crippen molar-refractivity contribution in [2.24, 2.45) is 0 Å². The first kappa shape index (κ1) is 20.4. The summed E-state index contributed by atoms with van der Waals surface area (Å²) < 4.78 is 0. The highest BCUT2D eigenvalue weighted by atomic mass is 16.4. The molecule has 0 fully saturated rings. The van der Waals surface area contributed by atoms with Crippen molar-refractivity contribution in [2.45, 2.75) is 40.0 Å². The number of carboxylic acid groups (broad SMARTS) is 1. The predicted molar refractivity (Wildman–Crippen MR) is 84.5 cm³/mol. The number of hydrogen-bond acceptors (Lipinski definition) is 4. The Balaban J connectivity index is 4.64. The van der Waals surface area contributed by atoms with Gasteiger partial charge in [-0.3, -0.25) is 14.4 Å². The molecule has 2 amide bonds. The SMILES string of the molecule is CCCNCC(=O)N(CCC)CC(=O)N(CCC)CC(=O)O. The van der Waals surface area contributed by atoms with Crippen LogP contribution in [0.2, 0.25) is 0 Å². The molecular weight excluding hydrogens is 286 g/mol. The van der Waals surface area contributed by atoms with E-state index in [0.717, 1.165) is 19.4 Å². The van der Waals surface area contributed by atoms with Crippen LogP contribution in [0.25, 0.3) is 0 Å². The summed E-state index contributed by atoms with van der Waals surface area (Å²) in [7, 11) is 0. The molecule has 0 aliphatic heterocycles. The first-order valence-electron chi connectivity index (χ1n) is 7.94. The van der Waals surface area contributed by atoms with Crippen molar-refractivity contribution in [1.82, 2.24) is 15.1 Å². The molecule has 0 rings (SSSR count). The number of hydrogen-bond donors (Lipinski definition) is 2. The number of carboxylic acids is 1. The summed E-state index contributed by atoms with van der Waals surface area (Å²) in [5.41, 5.74) is 0. The molecule has 7 heteroatoms. The Kier molecular flexibility index (Phi) is 11.1. The maximum atomic E-state index is 12.2. The highest BCUT2D eigenvalue weighted by Crippen LogP contribution is 1.99. The van der Waals surface area contributed by atoms with E-state index in [1.54, 1.807) is 0 Å². The second kappa shape index (κ2) is 12.0. The van der Waals surface area contributed by atoms with Gasteiger partial charge in [-0.2, -0.15) is 0 Å². The van der Waals surface area contributed by atoms with Crippen LogP contribution in [-0.2, 0) is 14.4 Å². The van der Waals surface area contributed by atoms with E-state index in [1.165, 1.54) is 9.80 Å². The quantitative estimate of drug-likeness (QED) is 0.513. The van der Waals surface area contributed by atoms with Gasteiger partial charge >= 0.3 is 5.97 Å². The molecule has 128 valence electrons. The van der Waals surface area contributed by atoms with Crippen molar-refractivity contribution in [3.8, 4) is 0 Å². The molecule has 0 aromatic rings. The number of nitrogens with one attached hydrogen (secondary N) is 1. The zero-order valence-electron chi connectivity index (χ0n) is 13.9. The molecule has 0 aliphatic rings. The molecule has 2 N–H and O–H groups in total. The van der Waals surface area contributed by atoms with Gasteiger partial charge < -0.3 is 20.2 Å². The summed E-state index contributed by atoms with van der Waals surface area (Å²) in [6.07, 6.45) is 2.36. The number of carbonyl (C=O) groups is 3. The first-order chi connectivity index (χ1) is 10.5. The lowest BCUT2D eigenvalue weighted by Gasteiger charge is -2.26. The van der Waals surface area contributed by atoms with E-state index in [0.29, 0.717) is 19.5 Å². The van der Waals surface area contributed by atoms with Crippen LogP contribution in [0.15, 0.2) is 0 Å². The third-order valence-corrected chi connectivity index (χ3v) is 3.05. The van der Waals surface area contributed by atoms with Gasteiger partial charge in [0.25, 0.3) is 0 Å². The summed E-state index contributed by atoms with van der Waals surface area (Å²) in [4.78, 5) is 38.0. The Hall–Kier alpha value is -1.63. The Morgan fingerprint density at radius 3 is 1.86 bits per heavy atom. The maximum absolute atomic E-state index is 12.2. The van der Waals surface area contributed by atoms with Crippen LogP contribution in [0.4, 0.5) is 0 Å². The van der Waals surface area contributed by atoms with E-state index in [9.17, 15) is 14.4 Å². The van der Waals surface area contributed by atoms with E-state index < -0.39 is 5.97 Å². The van der Waals surface area contributed by atoms with Gasteiger partial charge in [-0.25, -0.2) is 0 Å². The zero-order valence-corrected chi connectivity index (χ0v) is 13.9. The molecule has 0 radical (unpaired) electrons. The topological polar surface area (TPSA) is 90.0 Å². The molecule has 22 heavy (non-hydrogen) atoms. The lowest BCUT2D eigenvalue weighted by molar-refractivity contribution is -0.146. The largest absolute Gasteiger partial charge is 0.480 e. The minimum Gasteiger partial charge on any atom is -0.480 e. The predicted octanol–water partition coefficient (Wildman–Crippen LogP) is 0.548. The van der Waals surface area contributed by atoms with Crippen molar-refractivity contribution in [3.63, 3.8) is 0 Å². The molecule has 0 spiro atoms. The summed E-state index contributed by atoms with van der Waals surface area (Å²) >= 11 is 0. The Morgan fingerprint density at radius 1 is 0.864 bits per heavy atom. The zero-order chi connectivity index (χ0) is 17.0. The first-order valence-corrected chi connectivity index (χ1v) is 7.94. The van der Waals surface area contributed by atoms with Gasteiger partial charge in [0.15, 0.2) is 0 Å². The van der Waals surface area contributed by atoms with Crippen molar-refractivity contribution < 1.29 is 19.5 Å². The van der Waals surface area contributed by atoms with Crippen LogP contribution >= 0.6 is 0 Å². The monoisotopic (exact) mass is 315 g/mol. The van der Waals surface area contributed by atoms with Crippen molar-refractivity contribution in [1.29, 1.82) is 0 Å². The summed E-state index contributed by atoms with van der Waals surface area (Å²) in [5, 5.41) is 11.9. The Bertz CT molecular complexity index is 361. The van der Waals surface area contributed by atoms with Crippen molar-refractivity contribution in [2.75, 3.05) is 39.3 Å². The molecule has 0 aromatic heterocycles. The number of rotatable bonds is 12. The molecule has 0 aromatic carbocycles. The fourth-order valence-electron chi connectivity index (χ4n) is 2.03. The normalized spacial score (nSPS) is 10.3. The second-order valence-corrected chi connectivity index (χ2v) is 5.20. The van der Waals surface area contributed by atoms with Gasteiger partial charge in [0.05, 0.1) is 13.1 Å². The van der Waals surface area contributed by atoms with Gasteiger partial charge in [0, 0.05) is 13.1 Å². The molecule has 0 unspecified atom stereocenters. The Labute approximate surface area is 132 Å². The summed E-state index contributed by atoms with van der Waals surface area (Å²) in [5.74, 6) is -1.49. The van der Waals surface area contributed by atoms with Gasteiger partial charge in [0.1, 0.15) is 6.54 Å². The third kappa shape index (κ3) is 8.61. The standard InChI is InChI=1S/C15H29N3O4/c1-4-7-16-10-13(19)17(8-5-2)11-14(20)18(9-6-3)12-15(21)22/h16H,4-12H2,1-3H3,(H,21,22). The highest BCUT2D eigenvalue weighted by Gasteiger charge is 2.21. The molecular formula is C15H29N3O4. The molecule has 0 aliphatic carbocycles. The average Bonchev–Trinajstić information content (AvgIpc) is 2.46. The third-order valence-electron chi connectivity index (χ3n) is 3.05. The van der Waals surface area contributed by atoms with Crippen LogP contribution in [0.1, 0.15) is 40.0 Å². The van der Waals surface area contributed by atoms with E-state index in [1.807, 2.05) is 20.8 Å². The van der Waals surface area contributed by atoms with Crippen LogP contribution in [0.3, 0.4) is 0 Å². The number of nitrogens with zero attached hydrogens (tertiary/aromatic N) is 2. The summed E-state index contributed by atoms with van der Waals surface area (Å²) in [6.45, 7) is 7.27. The van der Waals surface area contributed by atoms with E-state index in [2.05, 4.69) is 5.32 Å². The van der Waals surface area contributed by atoms with Crippen molar-refractivity contribution in [3.05, 3.63) is 0 Å². The van der Waals surface area contributed by atoms with E-state index in [-0.39, 0.29) is 31.4 Å². The molecule has 7 nitrogen and oxygen atoms in total. The van der Waals surface area contributed by atoms with E-state index in [4.69, 9.17) is 5.11 Å². The van der Waals surface area contributed by atoms with Crippen LogP contribution in [-0.4, -0.2) is 72.0 Å². The van der Waals surface area contributed by atoms with Crippen LogP contribution < -0.4 is 5.32 Å². The smallest absolute Gasteiger partial charge is 0.323 e. The summed E-state index contributed by atoms with van der Waals surface area (Å²) in [6, 6.07) is 0. The fraction of sp³-hybridized carbons (Fsp3) is 0.800. The fourth-order valence-corrected chi connectivity index (χ4v) is 2.03. The van der Waals surface area contributed by atoms with Gasteiger partial charge in [0.2, 0.25) is 11.8 Å². The molecule has 0 atom stereocenters. The average molecular weight is 315 g/mol. The lowest BCUT2D eigenvalue weighted by atomic mass is 10.3. The van der Waals surface area contributed by atoms with Crippen LogP contribution in [0.5, 0.6) is 0 Å². The molecule has 0 saturated heterocycles. The second-order valence-electron chi connectivity index (χ2n) is 5.20. The van der Waals surface area contributed by atoms with Crippen molar-refractivity contribution >= 4 is 17.8 Å². The van der Waals surface area contributed by atoms with Gasteiger partial charge in [-0.05, 0) is 25.8 Å². The molecule has 0 heterocycles. The Morgan fingerprint density at radius 2 is 1.41 bits per heavy atom.